The first-order chi connectivity index (χ1) is 10.6. The van der Waals surface area contributed by atoms with Crippen molar-refractivity contribution >= 4 is 11.9 Å². The number of carboxylic acids is 1. The number of amides is 1. The smallest absolute Gasteiger partial charge is 0.308 e. The van der Waals surface area contributed by atoms with Gasteiger partial charge in [0.1, 0.15) is 5.56 Å². The van der Waals surface area contributed by atoms with Gasteiger partial charge < -0.3 is 14.7 Å². The molecule has 2 saturated heterocycles. The summed E-state index contributed by atoms with van der Waals surface area (Å²) in [6.07, 6.45) is 4.92. The van der Waals surface area contributed by atoms with Gasteiger partial charge in [0.15, 0.2) is 0 Å². The van der Waals surface area contributed by atoms with E-state index in [1.54, 1.807) is 15.8 Å². The van der Waals surface area contributed by atoms with Crippen LogP contribution < -0.4 is 4.74 Å². The van der Waals surface area contributed by atoms with Crippen molar-refractivity contribution in [2.45, 2.75) is 38.3 Å². The number of ether oxygens (including phenoxy) is 1. The van der Waals surface area contributed by atoms with Crippen molar-refractivity contribution in [3.8, 4) is 5.88 Å². The zero-order valence-corrected chi connectivity index (χ0v) is 12.3. The first kappa shape index (κ1) is 13.6. The van der Waals surface area contributed by atoms with E-state index in [1.807, 2.05) is 0 Å². The van der Waals surface area contributed by atoms with Gasteiger partial charge in [-0.15, -0.1) is 0 Å². The predicted octanol–water partition coefficient (Wildman–Crippen LogP) is 0.991. The van der Waals surface area contributed by atoms with Crippen LogP contribution in [-0.2, 0) is 11.3 Å². The van der Waals surface area contributed by atoms with E-state index in [-0.39, 0.29) is 11.9 Å². The maximum Gasteiger partial charge on any atom is 0.308 e. The number of nitrogens with zero attached hydrogens (tertiary/aromatic N) is 3. The Morgan fingerprint density at radius 2 is 2.23 bits per heavy atom. The van der Waals surface area contributed by atoms with Gasteiger partial charge in [-0.05, 0) is 25.2 Å². The molecule has 0 aromatic carbocycles. The molecule has 0 unspecified atom stereocenters. The number of aromatic nitrogens is 2. The van der Waals surface area contributed by atoms with Crippen LogP contribution in [0.5, 0.6) is 5.88 Å². The highest BCUT2D eigenvalue weighted by molar-refractivity contribution is 5.97. The van der Waals surface area contributed by atoms with Crippen molar-refractivity contribution in [3.63, 3.8) is 0 Å². The molecule has 7 nitrogen and oxygen atoms in total. The van der Waals surface area contributed by atoms with Crippen molar-refractivity contribution in [2.75, 3.05) is 13.2 Å². The highest BCUT2D eigenvalue weighted by atomic mass is 16.5. The average molecular weight is 305 g/mol. The lowest BCUT2D eigenvalue weighted by molar-refractivity contribution is -0.148. The minimum absolute atomic E-state index is 0.135. The quantitative estimate of drug-likeness (QED) is 0.881. The fourth-order valence-corrected chi connectivity index (χ4v) is 4.06. The predicted molar refractivity (Wildman–Crippen MR) is 75.6 cm³/mol. The van der Waals surface area contributed by atoms with Gasteiger partial charge in [0.05, 0.1) is 18.7 Å². The van der Waals surface area contributed by atoms with E-state index in [1.165, 1.54) is 0 Å². The molecule has 3 aliphatic heterocycles. The van der Waals surface area contributed by atoms with Gasteiger partial charge in [-0.25, -0.2) is 4.68 Å². The number of carbonyl (C=O) groups is 2. The summed E-state index contributed by atoms with van der Waals surface area (Å²) >= 11 is 0. The third-order valence-corrected chi connectivity index (χ3v) is 5.13. The van der Waals surface area contributed by atoms with Gasteiger partial charge in [0, 0.05) is 25.6 Å². The molecule has 1 aromatic heterocycles. The lowest BCUT2D eigenvalue weighted by Gasteiger charge is -2.48. The Labute approximate surface area is 127 Å². The summed E-state index contributed by atoms with van der Waals surface area (Å²) in [4.78, 5) is 26.1. The minimum atomic E-state index is -0.791. The first-order valence-corrected chi connectivity index (χ1v) is 7.87. The Kier molecular flexibility index (Phi) is 3.09. The van der Waals surface area contributed by atoms with Crippen LogP contribution >= 0.6 is 0 Å². The van der Waals surface area contributed by atoms with E-state index in [0.29, 0.717) is 36.9 Å². The molecule has 22 heavy (non-hydrogen) atoms. The molecule has 4 heterocycles. The fourth-order valence-electron chi connectivity index (χ4n) is 4.06. The molecule has 0 radical (unpaired) electrons. The van der Waals surface area contributed by atoms with Crippen LogP contribution in [0, 0.1) is 11.8 Å². The second kappa shape index (κ2) is 5.00. The van der Waals surface area contributed by atoms with Gasteiger partial charge >= 0.3 is 5.97 Å². The van der Waals surface area contributed by atoms with Crippen molar-refractivity contribution < 1.29 is 19.4 Å². The molecule has 118 valence electrons. The highest BCUT2D eigenvalue weighted by Gasteiger charge is 2.46. The van der Waals surface area contributed by atoms with E-state index in [4.69, 9.17) is 4.74 Å². The monoisotopic (exact) mass is 305 g/mol. The Morgan fingerprint density at radius 3 is 3.00 bits per heavy atom. The number of rotatable bonds is 2. The Balaban J connectivity index is 1.63. The van der Waals surface area contributed by atoms with Crippen molar-refractivity contribution in [2.24, 2.45) is 11.8 Å². The maximum atomic E-state index is 12.9. The Hall–Kier alpha value is -2.05. The summed E-state index contributed by atoms with van der Waals surface area (Å²) in [6, 6.07) is -0.200. The van der Waals surface area contributed by atoms with E-state index in [0.717, 1.165) is 25.8 Å². The molecule has 3 fully saturated rings. The maximum absolute atomic E-state index is 12.9. The second-order valence-electron chi connectivity index (χ2n) is 6.44. The first-order valence-electron chi connectivity index (χ1n) is 7.87. The number of carboxylic acid groups (broad SMARTS) is 1. The number of hydrogen-bond acceptors (Lipinski definition) is 4. The third-order valence-electron chi connectivity index (χ3n) is 5.13. The summed E-state index contributed by atoms with van der Waals surface area (Å²) in [6.45, 7) is 2.00. The number of hydrogen-bond donors (Lipinski definition) is 1. The van der Waals surface area contributed by atoms with Gasteiger partial charge in [-0.2, -0.15) is 5.10 Å². The number of piperidine rings is 2. The van der Waals surface area contributed by atoms with E-state index in [2.05, 4.69) is 5.10 Å². The molecule has 2 bridgehead atoms. The van der Waals surface area contributed by atoms with Crippen LogP contribution in [0.3, 0.4) is 0 Å². The van der Waals surface area contributed by atoms with E-state index in [9.17, 15) is 14.7 Å². The zero-order valence-electron chi connectivity index (χ0n) is 12.3. The molecule has 1 N–H and O–H groups in total. The molecule has 1 saturated carbocycles. The van der Waals surface area contributed by atoms with Crippen molar-refractivity contribution in [1.29, 1.82) is 0 Å². The Morgan fingerprint density at radius 1 is 1.36 bits per heavy atom. The molecule has 1 amide bonds. The van der Waals surface area contributed by atoms with Gasteiger partial charge in [0.2, 0.25) is 5.88 Å². The summed E-state index contributed by atoms with van der Waals surface area (Å²) < 4.78 is 7.31. The van der Waals surface area contributed by atoms with Gasteiger partial charge in [-0.1, -0.05) is 0 Å². The summed E-state index contributed by atoms with van der Waals surface area (Å²) in [5.41, 5.74) is 0.469. The van der Waals surface area contributed by atoms with Crippen LogP contribution in [0.1, 0.15) is 36.0 Å². The molecule has 1 aliphatic carbocycles. The number of aryl methyl sites for hydroxylation is 1. The van der Waals surface area contributed by atoms with Crippen LogP contribution in [0.2, 0.25) is 0 Å². The fraction of sp³-hybridized carbons (Fsp3) is 0.667. The standard InChI is InChI=1S/C15H19N3O4/c19-13(11-7-16-18-4-1-5-22-14(11)18)17-8-9-2-3-12(17)10(6-9)15(20)21/h7,9-10,12H,1-6,8H2,(H,20,21)/t9-,10-,12+/m1/s1. The minimum Gasteiger partial charge on any atom is -0.481 e. The zero-order chi connectivity index (χ0) is 15.3. The summed E-state index contributed by atoms with van der Waals surface area (Å²) in [5.74, 6) is -0.542. The SMILES string of the molecule is O=C(O)[C@@H]1C[C@H]2CC[C@@H]1N(C(=O)c1cnn3c1OCCC3)C2. The largest absolute Gasteiger partial charge is 0.481 e. The molecule has 1 aromatic rings. The Bertz CT molecular complexity index is 626. The van der Waals surface area contributed by atoms with Crippen molar-refractivity contribution in [3.05, 3.63) is 11.8 Å². The highest BCUT2D eigenvalue weighted by Crippen LogP contribution is 2.40. The van der Waals surface area contributed by atoms with Crippen molar-refractivity contribution in [1.82, 2.24) is 14.7 Å². The molecule has 5 rings (SSSR count). The van der Waals surface area contributed by atoms with E-state index < -0.39 is 11.9 Å². The number of fused-ring (bicyclic) bond motifs is 4. The molecule has 4 aliphatic rings. The molecular formula is C15H19N3O4. The lowest BCUT2D eigenvalue weighted by Crippen LogP contribution is -2.57. The molecular weight excluding hydrogens is 286 g/mol. The van der Waals surface area contributed by atoms with Crippen LogP contribution in [-0.4, -0.2) is 50.9 Å². The third kappa shape index (κ3) is 1.99. The lowest BCUT2D eigenvalue weighted by atomic mass is 9.72. The summed E-state index contributed by atoms with van der Waals surface area (Å²) in [5, 5.41) is 13.6. The molecule has 7 heteroatoms. The van der Waals surface area contributed by atoms with Crippen LogP contribution in [0.25, 0.3) is 0 Å². The normalized spacial score (nSPS) is 29.8. The van der Waals surface area contributed by atoms with E-state index >= 15 is 0 Å². The number of aliphatic carboxylic acids is 1. The topological polar surface area (TPSA) is 84.7 Å². The van der Waals surface area contributed by atoms with Gasteiger partial charge in [0.25, 0.3) is 5.91 Å². The summed E-state index contributed by atoms with van der Waals surface area (Å²) in [7, 11) is 0. The second-order valence-corrected chi connectivity index (χ2v) is 6.44. The van der Waals surface area contributed by atoms with Gasteiger partial charge in [-0.3, -0.25) is 9.59 Å². The molecule has 3 atom stereocenters. The van der Waals surface area contributed by atoms with Crippen LogP contribution in [0.4, 0.5) is 0 Å². The molecule has 0 spiro atoms. The number of carbonyl (C=O) groups excluding carboxylic acids is 1. The average Bonchev–Trinajstić information content (AvgIpc) is 2.98. The van der Waals surface area contributed by atoms with Crippen LogP contribution in [0.15, 0.2) is 6.20 Å².